The Bertz CT molecular complexity index is 127. The van der Waals surface area contributed by atoms with Crippen LogP contribution in [0.2, 0.25) is 5.32 Å². The van der Waals surface area contributed by atoms with Crippen molar-refractivity contribution in [1.29, 1.82) is 0 Å². The van der Waals surface area contributed by atoms with E-state index < -0.39 is 0 Å². The number of hydrogen-bond donors (Lipinski definition) is 0. The van der Waals surface area contributed by atoms with Gasteiger partial charge in [-0.1, -0.05) is 0 Å². The first-order valence-electron chi connectivity index (χ1n) is 4.75. The van der Waals surface area contributed by atoms with E-state index in [0.29, 0.717) is 0 Å². The zero-order chi connectivity index (χ0) is 7.94. The summed E-state index contributed by atoms with van der Waals surface area (Å²) < 4.78 is 1.80. The molecule has 0 spiro atoms. The topological polar surface area (TPSA) is 0 Å². The van der Waals surface area contributed by atoms with Gasteiger partial charge in [0, 0.05) is 0 Å². The van der Waals surface area contributed by atoms with Crippen LogP contribution in [0.3, 0.4) is 0 Å². The molecule has 64 valence electrons. The average molecular weight is 217 g/mol. The van der Waals surface area contributed by atoms with Gasteiger partial charge in [0.2, 0.25) is 0 Å². The molecule has 1 aliphatic carbocycles. The third kappa shape index (κ3) is 3.98. The number of hydrogen-bond acceptors (Lipinski definition) is 0. The van der Waals surface area contributed by atoms with E-state index in [0.717, 1.165) is 15.0 Å². The van der Waals surface area contributed by atoms with E-state index in [9.17, 15) is 0 Å². The van der Waals surface area contributed by atoms with E-state index in [4.69, 9.17) is 0 Å². The van der Waals surface area contributed by atoms with Gasteiger partial charge in [0.15, 0.2) is 0 Å². The third-order valence-corrected chi connectivity index (χ3v) is 4.62. The van der Waals surface area contributed by atoms with Gasteiger partial charge in [-0.3, -0.25) is 0 Å². The summed E-state index contributed by atoms with van der Waals surface area (Å²) in [5, 5.41) is 1.48. The number of allylic oxidation sites excluding steroid dienone is 2. The van der Waals surface area contributed by atoms with Gasteiger partial charge >= 0.3 is 76.3 Å². The van der Waals surface area contributed by atoms with Gasteiger partial charge in [-0.2, -0.15) is 0 Å². The van der Waals surface area contributed by atoms with Crippen LogP contribution in [-0.2, 0) is 0 Å². The van der Waals surface area contributed by atoms with Gasteiger partial charge in [0.05, 0.1) is 0 Å². The van der Waals surface area contributed by atoms with Crippen LogP contribution < -0.4 is 0 Å². The summed E-state index contributed by atoms with van der Waals surface area (Å²) in [4.78, 5) is 0. The first-order chi connectivity index (χ1) is 5.43. The second kappa shape index (κ2) is 5.85. The molecule has 0 aromatic carbocycles. The van der Waals surface area contributed by atoms with Gasteiger partial charge in [-0.15, -0.1) is 0 Å². The molecule has 0 aliphatic heterocycles. The van der Waals surface area contributed by atoms with E-state index in [1.54, 1.807) is 4.47 Å². The maximum atomic E-state index is 2.50. The van der Waals surface area contributed by atoms with Crippen molar-refractivity contribution < 1.29 is 0 Å². The summed E-state index contributed by atoms with van der Waals surface area (Å²) in [6.07, 6.45) is 11.0. The predicted octanol–water partition coefficient (Wildman–Crippen LogP) is 3.37. The molecule has 0 radical (unpaired) electrons. The van der Waals surface area contributed by atoms with Crippen LogP contribution in [0.5, 0.6) is 0 Å². The molecule has 0 amide bonds. The van der Waals surface area contributed by atoms with Crippen molar-refractivity contribution in [2.24, 2.45) is 0 Å². The van der Waals surface area contributed by atoms with Crippen molar-refractivity contribution in [2.45, 2.75) is 50.8 Å². The van der Waals surface area contributed by atoms with Crippen LogP contribution in [0.4, 0.5) is 0 Å². The molecule has 11 heavy (non-hydrogen) atoms. The predicted molar refractivity (Wildman–Crippen MR) is 52.0 cm³/mol. The van der Waals surface area contributed by atoms with Crippen molar-refractivity contribution in [2.75, 3.05) is 0 Å². The van der Waals surface area contributed by atoms with Crippen LogP contribution >= 0.6 is 0 Å². The Balaban J connectivity index is 2.09. The maximum absolute atomic E-state index is 2.50. The quantitative estimate of drug-likeness (QED) is 0.500. The average Bonchev–Trinajstić information content (AvgIpc) is 2.07. The summed E-state index contributed by atoms with van der Waals surface area (Å²) in [5.41, 5.74) is 0. The Morgan fingerprint density at radius 3 is 3.00 bits per heavy atom. The molecule has 1 rings (SSSR count). The SMILES string of the molecule is CCCC[Se]C1=CCCCC1. The van der Waals surface area contributed by atoms with Crippen molar-refractivity contribution in [3.63, 3.8) is 0 Å². The Labute approximate surface area is 76.6 Å². The zero-order valence-corrected chi connectivity index (χ0v) is 9.15. The van der Waals surface area contributed by atoms with Crippen LogP contribution in [-0.4, -0.2) is 15.0 Å². The van der Waals surface area contributed by atoms with E-state index >= 15 is 0 Å². The molecule has 0 unspecified atom stereocenters. The fraction of sp³-hybridized carbons (Fsp3) is 0.800. The van der Waals surface area contributed by atoms with E-state index in [1.807, 2.05) is 0 Å². The molecule has 0 aromatic rings. The Morgan fingerprint density at radius 2 is 2.36 bits per heavy atom. The molecular weight excluding hydrogens is 199 g/mol. The fourth-order valence-electron chi connectivity index (χ4n) is 1.29. The van der Waals surface area contributed by atoms with E-state index in [2.05, 4.69) is 13.0 Å². The number of unbranched alkanes of at least 4 members (excludes halogenated alkanes) is 1. The van der Waals surface area contributed by atoms with Gasteiger partial charge in [-0.25, -0.2) is 0 Å². The normalized spacial score (nSPS) is 18.1. The van der Waals surface area contributed by atoms with Gasteiger partial charge < -0.3 is 0 Å². The van der Waals surface area contributed by atoms with Gasteiger partial charge in [0.1, 0.15) is 0 Å². The summed E-state index contributed by atoms with van der Waals surface area (Å²) in [5.74, 6) is 0. The van der Waals surface area contributed by atoms with Crippen LogP contribution in [0.15, 0.2) is 10.5 Å². The fourth-order valence-corrected chi connectivity index (χ4v) is 3.85. The standard InChI is InChI=1S/C10H18Se/c1-2-3-9-11-10-7-5-4-6-8-10/h7H,2-6,8-9H2,1H3. The van der Waals surface area contributed by atoms with Gasteiger partial charge in [0.25, 0.3) is 0 Å². The molecule has 0 fully saturated rings. The Kier molecular flexibility index (Phi) is 4.97. The van der Waals surface area contributed by atoms with Crippen molar-refractivity contribution in [3.05, 3.63) is 10.5 Å². The first kappa shape index (κ1) is 9.35. The van der Waals surface area contributed by atoms with E-state index in [-0.39, 0.29) is 0 Å². The monoisotopic (exact) mass is 218 g/mol. The third-order valence-electron chi connectivity index (χ3n) is 2.03. The minimum absolute atomic E-state index is 0.858. The summed E-state index contributed by atoms with van der Waals surface area (Å²) >= 11 is 0.858. The summed E-state index contributed by atoms with van der Waals surface area (Å²) in [6, 6.07) is 0. The zero-order valence-electron chi connectivity index (χ0n) is 7.44. The summed E-state index contributed by atoms with van der Waals surface area (Å²) in [7, 11) is 0. The second-order valence-corrected chi connectivity index (χ2v) is 5.68. The molecule has 0 heterocycles. The molecule has 0 bridgehead atoms. The Hall–Kier alpha value is 0.259. The first-order valence-corrected chi connectivity index (χ1v) is 6.82. The van der Waals surface area contributed by atoms with Crippen molar-refractivity contribution >= 4 is 15.0 Å². The molecule has 0 atom stereocenters. The molecule has 1 heteroatoms. The minimum atomic E-state index is 0.858. The van der Waals surface area contributed by atoms with Crippen molar-refractivity contribution in [1.82, 2.24) is 0 Å². The molecule has 0 saturated heterocycles. The molecule has 0 aromatic heterocycles. The molecule has 0 nitrogen and oxygen atoms in total. The molecule has 0 N–H and O–H groups in total. The van der Waals surface area contributed by atoms with E-state index in [1.165, 1.54) is 43.8 Å². The van der Waals surface area contributed by atoms with Crippen molar-refractivity contribution in [3.8, 4) is 0 Å². The Morgan fingerprint density at radius 1 is 1.45 bits per heavy atom. The van der Waals surface area contributed by atoms with Crippen LogP contribution in [0.1, 0.15) is 45.4 Å². The molecular formula is C10H18Se. The van der Waals surface area contributed by atoms with Gasteiger partial charge in [-0.05, 0) is 0 Å². The summed E-state index contributed by atoms with van der Waals surface area (Å²) in [6.45, 7) is 2.28. The molecule has 1 aliphatic rings. The number of rotatable bonds is 4. The molecule has 0 saturated carbocycles. The van der Waals surface area contributed by atoms with Crippen LogP contribution in [0.25, 0.3) is 0 Å². The second-order valence-electron chi connectivity index (χ2n) is 3.12. The van der Waals surface area contributed by atoms with Crippen LogP contribution in [0, 0.1) is 0 Å².